The van der Waals surface area contributed by atoms with Crippen LogP contribution in [0.4, 0.5) is 5.69 Å². The maximum absolute atomic E-state index is 10.5. The van der Waals surface area contributed by atoms with Crippen LogP contribution >= 0.6 is 0 Å². The Labute approximate surface area is 145 Å². The van der Waals surface area contributed by atoms with E-state index in [1.807, 2.05) is 0 Å². The van der Waals surface area contributed by atoms with Crippen molar-refractivity contribution in [1.29, 1.82) is 0 Å². The number of aliphatic hydroxyl groups excluding tert-OH is 1. The molecule has 2 N–H and O–H groups in total. The summed E-state index contributed by atoms with van der Waals surface area (Å²) in [6.07, 6.45) is 1.88. The highest BCUT2D eigenvalue weighted by Gasteiger charge is 2.23. The number of aliphatic hydroxyl groups is 1. The molecule has 2 unspecified atom stereocenters. The van der Waals surface area contributed by atoms with E-state index in [2.05, 4.69) is 72.6 Å². The van der Waals surface area contributed by atoms with Crippen molar-refractivity contribution in [2.45, 2.75) is 38.8 Å². The predicted molar refractivity (Wildman–Crippen MR) is 100 cm³/mol. The Morgan fingerprint density at radius 1 is 1.08 bits per heavy atom. The lowest BCUT2D eigenvalue weighted by Gasteiger charge is -2.34. The Bertz CT molecular complexity index is 636. The third kappa shape index (κ3) is 4.16. The van der Waals surface area contributed by atoms with E-state index in [1.165, 1.54) is 29.5 Å². The number of hydrogen-bond acceptors (Lipinski definition) is 3. The van der Waals surface area contributed by atoms with E-state index in [9.17, 15) is 5.11 Å². The molecule has 1 aliphatic rings. The van der Waals surface area contributed by atoms with Crippen molar-refractivity contribution in [2.24, 2.45) is 0 Å². The molecule has 0 aromatic heterocycles. The van der Waals surface area contributed by atoms with Gasteiger partial charge in [-0.2, -0.15) is 0 Å². The molecule has 2 atom stereocenters. The van der Waals surface area contributed by atoms with Crippen LogP contribution in [-0.2, 0) is 0 Å². The summed E-state index contributed by atoms with van der Waals surface area (Å²) in [6, 6.07) is 17.0. The predicted octanol–water partition coefficient (Wildman–Crippen LogP) is 3.91. The number of nitrogens with zero attached hydrogens (tertiary/aromatic N) is 1. The van der Waals surface area contributed by atoms with Gasteiger partial charge in [0.15, 0.2) is 0 Å². The van der Waals surface area contributed by atoms with Crippen molar-refractivity contribution in [2.75, 3.05) is 25.0 Å². The molecule has 0 amide bonds. The van der Waals surface area contributed by atoms with Crippen molar-refractivity contribution in [3.8, 4) is 0 Å². The summed E-state index contributed by atoms with van der Waals surface area (Å²) in [5, 5.41) is 13.8. The van der Waals surface area contributed by atoms with E-state index in [4.69, 9.17) is 0 Å². The highest BCUT2D eigenvalue weighted by molar-refractivity contribution is 5.56. The fourth-order valence-electron chi connectivity index (χ4n) is 3.72. The van der Waals surface area contributed by atoms with Crippen molar-refractivity contribution in [3.05, 3.63) is 65.2 Å². The molecular weight excluding hydrogens is 296 g/mol. The Morgan fingerprint density at radius 3 is 2.50 bits per heavy atom. The second-order valence-electron chi connectivity index (χ2n) is 6.94. The fourth-order valence-corrected chi connectivity index (χ4v) is 3.72. The molecule has 2 aromatic carbocycles. The normalized spacial score (nSPS) is 19.9. The monoisotopic (exact) mass is 324 g/mol. The summed E-state index contributed by atoms with van der Waals surface area (Å²) in [4.78, 5) is 2.38. The minimum absolute atomic E-state index is 0.542. The number of β-amino-alcohol motifs (C(OH)–C–C–N with tert-alkyl or cyclic N) is 1. The van der Waals surface area contributed by atoms with E-state index < -0.39 is 6.23 Å². The van der Waals surface area contributed by atoms with Gasteiger partial charge >= 0.3 is 0 Å². The summed E-state index contributed by atoms with van der Waals surface area (Å²) >= 11 is 0. The second-order valence-corrected chi connectivity index (χ2v) is 6.94. The van der Waals surface area contributed by atoms with Gasteiger partial charge in [0.1, 0.15) is 6.23 Å². The third-order valence-corrected chi connectivity index (χ3v) is 5.00. The first-order valence-electron chi connectivity index (χ1n) is 8.91. The summed E-state index contributed by atoms with van der Waals surface area (Å²) in [7, 11) is 0. The van der Waals surface area contributed by atoms with E-state index in [-0.39, 0.29) is 0 Å². The number of likely N-dealkylation sites (tertiary alicyclic amines) is 1. The van der Waals surface area contributed by atoms with Gasteiger partial charge in [-0.25, -0.2) is 0 Å². The van der Waals surface area contributed by atoms with Crippen molar-refractivity contribution in [1.82, 2.24) is 4.90 Å². The number of anilines is 1. The number of piperidine rings is 1. The number of rotatable bonds is 5. The summed E-state index contributed by atoms with van der Waals surface area (Å²) < 4.78 is 0. The smallest absolute Gasteiger partial charge is 0.137 e. The standard InChI is InChI=1S/C21H28N2O/c1-16-8-6-9-17(2)21(16)22-20(24)15-23-13-7-12-19(14-23)18-10-4-3-5-11-18/h3-6,8-11,19-20,22,24H,7,12-15H2,1-2H3. The quantitative estimate of drug-likeness (QED) is 0.819. The second kappa shape index (κ2) is 7.82. The largest absolute Gasteiger partial charge is 0.372 e. The van der Waals surface area contributed by atoms with Gasteiger partial charge in [-0.3, -0.25) is 4.90 Å². The topological polar surface area (TPSA) is 35.5 Å². The molecule has 1 heterocycles. The van der Waals surface area contributed by atoms with Crippen LogP contribution in [0.1, 0.15) is 35.4 Å². The first-order chi connectivity index (χ1) is 11.6. The van der Waals surface area contributed by atoms with Crippen molar-refractivity contribution in [3.63, 3.8) is 0 Å². The van der Waals surface area contributed by atoms with E-state index >= 15 is 0 Å². The van der Waals surface area contributed by atoms with Crippen LogP contribution in [0.15, 0.2) is 48.5 Å². The van der Waals surface area contributed by atoms with Crippen LogP contribution < -0.4 is 5.32 Å². The van der Waals surface area contributed by atoms with Crippen LogP contribution in [0.5, 0.6) is 0 Å². The average molecular weight is 324 g/mol. The lowest BCUT2D eigenvalue weighted by atomic mass is 9.90. The van der Waals surface area contributed by atoms with Gasteiger partial charge in [0.05, 0.1) is 0 Å². The zero-order valence-electron chi connectivity index (χ0n) is 14.7. The molecule has 0 radical (unpaired) electrons. The highest BCUT2D eigenvalue weighted by Crippen LogP contribution is 2.27. The van der Waals surface area contributed by atoms with Crippen LogP contribution in [0, 0.1) is 13.8 Å². The lowest BCUT2D eigenvalue weighted by Crippen LogP contribution is -2.42. The molecule has 1 aliphatic heterocycles. The number of benzene rings is 2. The van der Waals surface area contributed by atoms with Crippen LogP contribution in [-0.4, -0.2) is 35.9 Å². The van der Waals surface area contributed by atoms with Crippen LogP contribution in [0.25, 0.3) is 0 Å². The molecule has 3 nitrogen and oxygen atoms in total. The van der Waals surface area contributed by atoms with E-state index in [0.29, 0.717) is 12.5 Å². The fraction of sp³-hybridized carbons (Fsp3) is 0.429. The minimum atomic E-state index is -0.542. The Hall–Kier alpha value is -1.84. The van der Waals surface area contributed by atoms with Crippen molar-refractivity contribution >= 4 is 5.69 Å². The Kier molecular flexibility index (Phi) is 5.54. The molecule has 0 spiro atoms. The lowest BCUT2D eigenvalue weighted by molar-refractivity contribution is 0.112. The van der Waals surface area contributed by atoms with Crippen LogP contribution in [0.3, 0.4) is 0 Å². The summed E-state index contributed by atoms with van der Waals surface area (Å²) in [6.45, 7) is 6.91. The van der Waals surface area contributed by atoms with Gasteiger partial charge in [-0.05, 0) is 55.8 Å². The van der Waals surface area contributed by atoms with Gasteiger partial charge in [-0.1, -0.05) is 48.5 Å². The zero-order valence-corrected chi connectivity index (χ0v) is 14.7. The molecule has 1 fully saturated rings. The SMILES string of the molecule is Cc1cccc(C)c1NC(O)CN1CCCC(c2ccccc2)C1. The van der Waals surface area contributed by atoms with Crippen molar-refractivity contribution < 1.29 is 5.11 Å². The van der Waals surface area contributed by atoms with Gasteiger partial charge in [0.25, 0.3) is 0 Å². The first-order valence-corrected chi connectivity index (χ1v) is 8.91. The van der Waals surface area contributed by atoms with Crippen LogP contribution in [0.2, 0.25) is 0 Å². The number of para-hydroxylation sites is 1. The molecule has 2 aromatic rings. The molecule has 0 saturated carbocycles. The Balaban J connectivity index is 1.59. The number of aryl methyl sites for hydroxylation is 2. The molecule has 128 valence electrons. The number of nitrogens with one attached hydrogen (secondary N) is 1. The molecular formula is C21H28N2O. The summed E-state index contributed by atoms with van der Waals surface area (Å²) in [5.41, 5.74) is 4.82. The Morgan fingerprint density at radius 2 is 1.79 bits per heavy atom. The maximum Gasteiger partial charge on any atom is 0.137 e. The number of hydrogen-bond donors (Lipinski definition) is 2. The highest BCUT2D eigenvalue weighted by atomic mass is 16.3. The third-order valence-electron chi connectivity index (χ3n) is 5.00. The first kappa shape index (κ1) is 17.0. The van der Waals surface area contributed by atoms with Gasteiger partial charge < -0.3 is 10.4 Å². The average Bonchev–Trinajstić information content (AvgIpc) is 2.59. The molecule has 3 heteroatoms. The van der Waals surface area contributed by atoms with Gasteiger partial charge in [0.2, 0.25) is 0 Å². The maximum atomic E-state index is 10.5. The molecule has 1 saturated heterocycles. The minimum Gasteiger partial charge on any atom is -0.372 e. The molecule has 24 heavy (non-hydrogen) atoms. The molecule has 3 rings (SSSR count). The van der Waals surface area contributed by atoms with E-state index in [1.54, 1.807) is 0 Å². The van der Waals surface area contributed by atoms with Gasteiger partial charge in [-0.15, -0.1) is 0 Å². The van der Waals surface area contributed by atoms with E-state index in [0.717, 1.165) is 18.8 Å². The van der Waals surface area contributed by atoms with Gasteiger partial charge in [0, 0.05) is 18.8 Å². The summed E-state index contributed by atoms with van der Waals surface area (Å²) in [5.74, 6) is 0.576. The molecule has 0 aliphatic carbocycles. The molecule has 0 bridgehead atoms. The zero-order chi connectivity index (χ0) is 16.9.